The highest BCUT2D eigenvalue weighted by molar-refractivity contribution is 5.96. The van der Waals surface area contributed by atoms with Gasteiger partial charge >= 0.3 is 0 Å². The van der Waals surface area contributed by atoms with Gasteiger partial charge in [-0.25, -0.2) is 0 Å². The van der Waals surface area contributed by atoms with E-state index in [2.05, 4.69) is 0 Å². The first-order valence-corrected chi connectivity index (χ1v) is 6.78. The predicted octanol–water partition coefficient (Wildman–Crippen LogP) is 3.31. The first kappa shape index (κ1) is 14.9. The van der Waals surface area contributed by atoms with Gasteiger partial charge in [-0.05, 0) is 48.7 Å². The second-order valence-electron chi connectivity index (χ2n) is 4.83. The minimum atomic E-state index is 0.00783. The minimum absolute atomic E-state index is 0.00783. The van der Waals surface area contributed by atoms with Gasteiger partial charge in [-0.2, -0.15) is 0 Å². The molecule has 0 amide bonds. The molecule has 0 unspecified atom stereocenters. The number of ether oxygens (including phenoxy) is 1. The molecule has 2 aromatic rings. The van der Waals surface area contributed by atoms with Gasteiger partial charge in [0.15, 0.2) is 17.3 Å². The zero-order valence-electron chi connectivity index (χ0n) is 11.9. The van der Waals surface area contributed by atoms with Crippen molar-refractivity contribution in [1.29, 1.82) is 0 Å². The fourth-order valence-electron chi connectivity index (χ4n) is 2.16. The van der Waals surface area contributed by atoms with Crippen LogP contribution in [0.25, 0.3) is 0 Å². The van der Waals surface area contributed by atoms with Gasteiger partial charge < -0.3 is 14.9 Å². The van der Waals surface area contributed by atoms with E-state index in [1.807, 2.05) is 6.07 Å². The summed E-state index contributed by atoms with van der Waals surface area (Å²) in [6, 6.07) is 11.6. The van der Waals surface area contributed by atoms with Crippen LogP contribution in [-0.4, -0.2) is 23.1 Å². The summed E-state index contributed by atoms with van der Waals surface area (Å²) >= 11 is 0. The molecule has 0 spiro atoms. The molecule has 0 saturated heterocycles. The average Bonchev–Trinajstić information content (AvgIpc) is 2.47. The van der Waals surface area contributed by atoms with Crippen molar-refractivity contribution in [3.05, 3.63) is 53.6 Å². The Morgan fingerprint density at radius 1 is 1.14 bits per heavy atom. The van der Waals surface area contributed by atoms with Crippen molar-refractivity contribution in [3.8, 4) is 17.2 Å². The van der Waals surface area contributed by atoms with Crippen molar-refractivity contribution >= 4 is 5.78 Å². The van der Waals surface area contributed by atoms with Crippen LogP contribution >= 0.6 is 0 Å². The third-order valence-electron chi connectivity index (χ3n) is 3.28. The van der Waals surface area contributed by atoms with Crippen molar-refractivity contribution in [2.45, 2.75) is 19.3 Å². The smallest absolute Gasteiger partial charge is 0.163 e. The average molecular weight is 286 g/mol. The summed E-state index contributed by atoms with van der Waals surface area (Å²) in [6.45, 7) is 0. The molecule has 0 radical (unpaired) electrons. The van der Waals surface area contributed by atoms with Crippen molar-refractivity contribution in [2.24, 2.45) is 0 Å². The molecule has 0 saturated carbocycles. The fraction of sp³-hybridized carbons (Fsp3) is 0.235. The lowest BCUT2D eigenvalue weighted by Gasteiger charge is -2.06. The Labute approximate surface area is 123 Å². The number of Topliss-reactive ketones (excluding diaryl/α,β-unsaturated/α-hetero) is 1. The number of carbonyl (C=O) groups is 1. The number of phenols is 2. The van der Waals surface area contributed by atoms with Gasteiger partial charge in [0, 0.05) is 12.0 Å². The van der Waals surface area contributed by atoms with Crippen LogP contribution in [-0.2, 0) is 6.42 Å². The molecule has 0 bridgehead atoms. The van der Waals surface area contributed by atoms with Crippen molar-refractivity contribution in [2.75, 3.05) is 7.11 Å². The molecule has 0 atom stereocenters. The Morgan fingerprint density at radius 3 is 2.67 bits per heavy atom. The van der Waals surface area contributed by atoms with Crippen LogP contribution in [0.5, 0.6) is 17.2 Å². The summed E-state index contributed by atoms with van der Waals surface area (Å²) in [5, 5.41) is 18.9. The van der Waals surface area contributed by atoms with Crippen LogP contribution < -0.4 is 4.74 Å². The van der Waals surface area contributed by atoms with Crippen LogP contribution in [0.4, 0.5) is 0 Å². The van der Waals surface area contributed by atoms with Crippen molar-refractivity contribution < 1.29 is 19.7 Å². The Kier molecular flexibility index (Phi) is 4.82. The topological polar surface area (TPSA) is 66.8 Å². The van der Waals surface area contributed by atoms with Crippen LogP contribution in [0.1, 0.15) is 28.8 Å². The summed E-state index contributed by atoms with van der Waals surface area (Å²) < 4.78 is 4.99. The number of hydrogen-bond donors (Lipinski definition) is 2. The lowest BCUT2D eigenvalue weighted by atomic mass is 10.0. The van der Waals surface area contributed by atoms with Crippen LogP contribution in [0.15, 0.2) is 42.5 Å². The lowest BCUT2D eigenvalue weighted by molar-refractivity contribution is 0.0980. The molecule has 21 heavy (non-hydrogen) atoms. The van der Waals surface area contributed by atoms with Crippen LogP contribution in [0, 0.1) is 0 Å². The number of benzene rings is 2. The highest BCUT2D eigenvalue weighted by Crippen LogP contribution is 2.27. The quantitative estimate of drug-likeness (QED) is 0.799. The molecule has 0 aliphatic heterocycles. The number of ketones is 1. The summed E-state index contributed by atoms with van der Waals surface area (Å²) in [7, 11) is 1.45. The van der Waals surface area contributed by atoms with Gasteiger partial charge in [-0.1, -0.05) is 12.1 Å². The van der Waals surface area contributed by atoms with Gasteiger partial charge in [-0.15, -0.1) is 0 Å². The molecule has 2 aromatic carbocycles. The molecule has 4 heteroatoms. The van der Waals surface area contributed by atoms with E-state index in [9.17, 15) is 15.0 Å². The molecule has 0 aromatic heterocycles. The Bertz CT molecular complexity index is 634. The SMILES string of the molecule is COc1cc(C(=O)CCCc2cccc(O)c2)ccc1O. The zero-order valence-corrected chi connectivity index (χ0v) is 11.9. The summed E-state index contributed by atoms with van der Waals surface area (Å²) in [5.41, 5.74) is 1.53. The first-order chi connectivity index (χ1) is 10.1. The molecule has 4 nitrogen and oxygen atoms in total. The van der Waals surface area contributed by atoms with Crippen LogP contribution in [0.2, 0.25) is 0 Å². The van der Waals surface area contributed by atoms with E-state index >= 15 is 0 Å². The summed E-state index contributed by atoms with van der Waals surface area (Å²) in [6.07, 6.45) is 1.84. The molecule has 0 aliphatic carbocycles. The number of methoxy groups -OCH3 is 1. The van der Waals surface area contributed by atoms with Crippen LogP contribution in [0.3, 0.4) is 0 Å². The van der Waals surface area contributed by atoms with E-state index in [0.29, 0.717) is 24.2 Å². The monoisotopic (exact) mass is 286 g/mol. The maximum atomic E-state index is 12.1. The first-order valence-electron chi connectivity index (χ1n) is 6.78. The van der Waals surface area contributed by atoms with Crippen molar-refractivity contribution in [1.82, 2.24) is 0 Å². The van der Waals surface area contributed by atoms with Crippen molar-refractivity contribution in [3.63, 3.8) is 0 Å². The van der Waals surface area contributed by atoms with E-state index < -0.39 is 0 Å². The Balaban J connectivity index is 1.93. The maximum Gasteiger partial charge on any atom is 0.163 e. The third-order valence-corrected chi connectivity index (χ3v) is 3.28. The Morgan fingerprint density at radius 2 is 1.95 bits per heavy atom. The number of aromatic hydroxyl groups is 2. The van der Waals surface area contributed by atoms with E-state index in [1.165, 1.54) is 13.2 Å². The molecule has 110 valence electrons. The van der Waals surface area contributed by atoms with Gasteiger partial charge in [0.1, 0.15) is 5.75 Å². The zero-order chi connectivity index (χ0) is 15.2. The molecule has 2 rings (SSSR count). The number of rotatable bonds is 6. The third kappa shape index (κ3) is 3.99. The molecular weight excluding hydrogens is 268 g/mol. The minimum Gasteiger partial charge on any atom is -0.508 e. The highest BCUT2D eigenvalue weighted by atomic mass is 16.5. The van der Waals surface area contributed by atoms with E-state index in [4.69, 9.17) is 4.74 Å². The summed E-state index contributed by atoms with van der Waals surface area (Å²) in [5.74, 6) is 0.568. The van der Waals surface area contributed by atoms with E-state index in [-0.39, 0.29) is 17.3 Å². The maximum absolute atomic E-state index is 12.1. The molecule has 0 aliphatic rings. The number of phenolic OH excluding ortho intramolecular Hbond substituents is 2. The highest BCUT2D eigenvalue weighted by Gasteiger charge is 2.09. The second kappa shape index (κ2) is 6.79. The van der Waals surface area contributed by atoms with Gasteiger partial charge in [0.2, 0.25) is 0 Å². The number of hydrogen-bond acceptors (Lipinski definition) is 4. The lowest BCUT2D eigenvalue weighted by Crippen LogP contribution is -2.00. The predicted molar refractivity (Wildman–Crippen MR) is 80.0 cm³/mol. The normalized spacial score (nSPS) is 10.3. The molecule has 0 fully saturated rings. The molecular formula is C17H18O4. The largest absolute Gasteiger partial charge is 0.508 e. The summed E-state index contributed by atoms with van der Waals surface area (Å²) in [4.78, 5) is 12.1. The van der Waals surface area contributed by atoms with Gasteiger partial charge in [0.25, 0.3) is 0 Å². The second-order valence-corrected chi connectivity index (χ2v) is 4.83. The molecule has 2 N–H and O–H groups in total. The van der Waals surface area contributed by atoms with Gasteiger partial charge in [0.05, 0.1) is 7.11 Å². The molecule has 0 heterocycles. The fourth-order valence-corrected chi connectivity index (χ4v) is 2.16. The number of carbonyl (C=O) groups excluding carboxylic acids is 1. The standard InChI is InChI=1S/C17H18O4/c1-21-17-11-13(8-9-16(17)20)15(19)7-3-5-12-4-2-6-14(18)10-12/h2,4,6,8-11,18,20H,3,5,7H2,1H3. The van der Waals surface area contributed by atoms with Gasteiger partial charge in [-0.3, -0.25) is 4.79 Å². The number of aryl methyl sites for hydroxylation is 1. The Hall–Kier alpha value is -2.49. The van der Waals surface area contributed by atoms with E-state index in [1.54, 1.807) is 30.3 Å². The van der Waals surface area contributed by atoms with E-state index in [0.717, 1.165) is 12.0 Å².